The summed E-state index contributed by atoms with van der Waals surface area (Å²) in [4.78, 5) is 11.8. The number of hydrogen-bond donors (Lipinski definition) is 0. The van der Waals surface area contributed by atoms with E-state index in [2.05, 4.69) is 20.8 Å². The molecule has 19 heavy (non-hydrogen) atoms. The van der Waals surface area contributed by atoms with Crippen molar-refractivity contribution >= 4 is 17.6 Å². The Morgan fingerprint density at radius 3 is 2.63 bits per heavy atom. The number of rotatable bonds is 7. The molecule has 1 unspecified atom stereocenters. The van der Waals surface area contributed by atoms with Gasteiger partial charge in [-0.05, 0) is 36.5 Å². The normalized spacial score (nSPS) is 12.5. The highest BCUT2D eigenvalue weighted by Crippen LogP contribution is 2.21. The van der Waals surface area contributed by atoms with Gasteiger partial charge in [0.1, 0.15) is 0 Å². The van der Waals surface area contributed by atoms with Crippen molar-refractivity contribution in [2.45, 2.75) is 40.0 Å². The van der Waals surface area contributed by atoms with E-state index < -0.39 is 0 Å². The Morgan fingerprint density at radius 1 is 1.32 bits per heavy atom. The van der Waals surface area contributed by atoms with Crippen molar-refractivity contribution in [1.82, 2.24) is 0 Å². The zero-order valence-corrected chi connectivity index (χ0v) is 12.7. The minimum atomic E-state index is -0.290. The van der Waals surface area contributed by atoms with E-state index in [-0.39, 0.29) is 5.97 Å². The largest absolute Gasteiger partial charge is 0.462 e. The Labute approximate surface area is 121 Å². The molecule has 1 aromatic carbocycles. The van der Waals surface area contributed by atoms with E-state index in [1.54, 1.807) is 24.3 Å². The summed E-state index contributed by atoms with van der Waals surface area (Å²) in [6, 6.07) is 6.86. The maximum Gasteiger partial charge on any atom is 0.338 e. The highest BCUT2D eigenvalue weighted by atomic mass is 35.5. The van der Waals surface area contributed by atoms with Crippen molar-refractivity contribution < 1.29 is 9.53 Å². The lowest BCUT2D eigenvalue weighted by atomic mass is 9.89. The summed E-state index contributed by atoms with van der Waals surface area (Å²) < 4.78 is 5.31. The zero-order valence-electron chi connectivity index (χ0n) is 12.0. The van der Waals surface area contributed by atoms with Gasteiger partial charge in [-0.15, -0.1) is 0 Å². The molecule has 1 rings (SSSR count). The number of ether oxygens (including phenoxy) is 1. The summed E-state index contributed by atoms with van der Waals surface area (Å²) in [5.74, 6) is 0.962. The summed E-state index contributed by atoms with van der Waals surface area (Å²) in [6.45, 7) is 7.11. The van der Waals surface area contributed by atoms with Crippen molar-refractivity contribution in [3.05, 3.63) is 34.9 Å². The molecule has 1 aromatic rings. The van der Waals surface area contributed by atoms with Crippen LogP contribution < -0.4 is 0 Å². The fourth-order valence-corrected chi connectivity index (χ4v) is 2.37. The van der Waals surface area contributed by atoms with Gasteiger partial charge < -0.3 is 4.74 Å². The lowest BCUT2D eigenvalue weighted by Crippen LogP contribution is -2.14. The number of carbonyl (C=O) groups excluding carboxylic acids is 1. The molecule has 0 bridgehead atoms. The Morgan fingerprint density at radius 2 is 2.05 bits per heavy atom. The Balaban J connectivity index is 2.42. The zero-order chi connectivity index (χ0) is 14.3. The van der Waals surface area contributed by atoms with Crippen molar-refractivity contribution in [3.8, 4) is 0 Å². The second kappa shape index (κ2) is 8.21. The van der Waals surface area contributed by atoms with E-state index in [0.717, 1.165) is 6.42 Å². The number of carbonyl (C=O) groups is 1. The summed E-state index contributed by atoms with van der Waals surface area (Å²) in [5.41, 5.74) is 0.518. The topological polar surface area (TPSA) is 26.3 Å². The molecule has 0 spiro atoms. The molecule has 0 amide bonds. The number of halogens is 1. The molecule has 0 aliphatic carbocycles. The van der Waals surface area contributed by atoms with Crippen LogP contribution in [0.15, 0.2) is 24.3 Å². The summed E-state index contributed by atoms with van der Waals surface area (Å²) in [7, 11) is 0. The highest BCUT2D eigenvalue weighted by Gasteiger charge is 2.14. The lowest BCUT2D eigenvalue weighted by molar-refractivity contribution is 0.0470. The Bertz CT molecular complexity index is 401. The predicted molar refractivity (Wildman–Crippen MR) is 79.6 cm³/mol. The molecule has 0 saturated carbocycles. The molecule has 3 heteroatoms. The number of hydrogen-bond acceptors (Lipinski definition) is 2. The van der Waals surface area contributed by atoms with E-state index in [9.17, 15) is 4.79 Å². The van der Waals surface area contributed by atoms with Crippen LogP contribution in [0.4, 0.5) is 0 Å². The third-order valence-corrected chi connectivity index (χ3v) is 3.62. The van der Waals surface area contributed by atoms with Gasteiger partial charge in [-0.2, -0.15) is 0 Å². The molecular formula is C16H23ClO2. The molecule has 0 aliphatic heterocycles. The van der Waals surface area contributed by atoms with Gasteiger partial charge >= 0.3 is 5.97 Å². The first-order valence-electron chi connectivity index (χ1n) is 6.97. The van der Waals surface area contributed by atoms with E-state index in [1.165, 1.54) is 12.8 Å². The first-order valence-corrected chi connectivity index (χ1v) is 7.35. The van der Waals surface area contributed by atoms with E-state index >= 15 is 0 Å². The predicted octanol–water partition coefficient (Wildman–Crippen LogP) is 4.96. The van der Waals surface area contributed by atoms with E-state index in [4.69, 9.17) is 16.3 Å². The second-order valence-corrected chi connectivity index (χ2v) is 5.66. The molecule has 106 valence electrons. The van der Waals surface area contributed by atoms with Crippen LogP contribution in [-0.4, -0.2) is 12.6 Å². The van der Waals surface area contributed by atoms with Crippen molar-refractivity contribution in [1.29, 1.82) is 0 Å². The molecule has 0 aliphatic rings. The average molecular weight is 283 g/mol. The summed E-state index contributed by atoms with van der Waals surface area (Å²) in [5, 5.41) is 0.556. The quantitative estimate of drug-likeness (QED) is 0.661. The molecule has 0 aromatic heterocycles. The maximum atomic E-state index is 11.8. The van der Waals surface area contributed by atoms with Gasteiger partial charge in [0.25, 0.3) is 0 Å². The Hall–Kier alpha value is -1.02. The van der Waals surface area contributed by atoms with Gasteiger partial charge in [0, 0.05) is 5.02 Å². The van der Waals surface area contributed by atoms with Crippen LogP contribution in [0.25, 0.3) is 0 Å². The van der Waals surface area contributed by atoms with Crippen molar-refractivity contribution in [2.24, 2.45) is 11.8 Å². The second-order valence-electron chi connectivity index (χ2n) is 5.23. The minimum Gasteiger partial charge on any atom is -0.462 e. The van der Waals surface area contributed by atoms with E-state index in [0.29, 0.717) is 29.0 Å². The molecule has 0 fully saturated rings. The molecule has 1 atom stereocenters. The summed E-state index contributed by atoms with van der Waals surface area (Å²) in [6.07, 6.45) is 3.29. The standard InChI is InChI=1S/C16H23ClO2/c1-4-6-13(12(2)3)9-10-19-16(18)14-7-5-8-15(17)11-14/h5,7-8,11-13H,4,6,9-10H2,1-3H3. The van der Waals surface area contributed by atoms with Crippen LogP contribution in [0.2, 0.25) is 5.02 Å². The Kier molecular flexibility index (Phi) is 6.93. The molecule has 2 nitrogen and oxygen atoms in total. The first-order chi connectivity index (χ1) is 9.04. The van der Waals surface area contributed by atoms with Gasteiger partial charge in [-0.1, -0.05) is 51.3 Å². The number of benzene rings is 1. The molecule has 0 N–H and O–H groups in total. The number of esters is 1. The monoisotopic (exact) mass is 282 g/mol. The average Bonchev–Trinajstić information content (AvgIpc) is 2.37. The fourth-order valence-electron chi connectivity index (χ4n) is 2.18. The third kappa shape index (κ3) is 5.65. The molecule has 0 saturated heterocycles. The van der Waals surface area contributed by atoms with Gasteiger partial charge in [-0.3, -0.25) is 0 Å². The maximum absolute atomic E-state index is 11.8. The van der Waals surface area contributed by atoms with Crippen LogP contribution >= 0.6 is 11.6 Å². The van der Waals surface area contributed by atoms with Crippen LogP contribution in [-0.2, 0) is 4.74 Å². The lowest BCUT2D eigenvalue weighted by Gasteiger charge is -2.19. The van der Waals surface area contributed by atoms with Gasteiger partial charge in [0.05, 0.1) is 12.2 Å². The van der Waals surface area contributed by atoms with Gasteiger partial charge in [0.15, 0.2) is 0 Å². The smallest absolute Gasteiger partial charge is 0.338 e. The van der Waals surface area contributed by atoms with Crippen molar-refractivity contribution in [2.75, 3.05) is 6.61 Å². The van der Waals surface area contributed by atoms with Crippen LogP contribution in [0.1, 0.15) is 50.4 Å². The van der Waals surface area contributed by atoms with Gasteiger partial charge in [-0.25, -0.2) is 4.79 Å². The van der Waals surface area contributed by atoms with Crippen molar-refractivity contribution in [3.63, 3.8) is 0 Å². The third-order valence-electron chi connectivity index (χ3n) is 3.38. The highest BCUT2D eigenvalue weighted by molar-refractivity contribution is 6.30. The van der Waals surface area contributed by atoms with Crippen LogP contribution in [0.3, 0.4) is 0 Å². The van der Waals surface area contributed by atoms with Crippen LogP contribution in [0.5, 0.6) is 0 Å². The fraction of sp³-hybridized carbons (Fsp3) is 0.562. The minimum absolute atomic E-state index is 0.290. The van der Waals surface area contributed by atoms with Crippen LogP contribution in [0, 0.1) is 11.8 Å². The molecule has 0 heterocycles. The molecule has 0 radical (unpaired) electrons. The summed E-state index contributed by atoms with van der Waals surface area (Å²) >= 11 is 5.85. The van der Waals surface area contributed by atoms with Gasteiger partial charge in [0.2, 0.25) is 0 Å². The van der Waals surface area contributed by atoms with E-state index in [1.807, 2.05) is 0 Å². The molecular weight excluding hydrogens is 260 g/mol. The first kappa shape index (κ1) is 16.0. The SMILES string of the molecule is CCCC(CCOC(=O)c1cccc(Cl)c1)C(C)C.